The Morgan fingerprint density at radius 3 is 3.13 bits per heavy atom. The summed E-state index contributed by atoms with van der Waals surface area (Å²) in [5.41, 5.74) is 0.171. The molecule has 0 amide bonds. The number of rotatable bonds is 3. The maximum Gasteiger partial charge on any atom is 0.140 e. The quantitative estimate of drug-likeness (QED) is 0.815. The summed E-state index contributed by atoms with van der Waals surface area (Å²) in [6, 6.07) is 0. The molecule has 4 heteroatoms. The van der Waals surface area contributed by atoms with Gasteiger partial charge >= 0.3 is 0 Å². The van der Waals surface area contributed by atoms with E-state index < -0.39 is 0 Å². The second-order valence-corrected chi connectivity index (χ2v) is 4.69. The molecule has 1 saturated heterocycles. The lowest BCUT2D eigenvalue weighted by molar-refractivity contribution is 0.312. The van der Waals surface area contributed by atoms with E-state index in [0.29, 0.717) is 0 Å². The van der Waals surface area contributed by atoms with Crippen molar-refractivity contribution in [2.45, 2.75) is 45.1 Å². The standard InChI is InChI=1S/C11H20N4/c1-3-7-15-9-13-14-10(15)11(2)5-4-6-12-8-11/h9,12H,3-8H2,1-2H3. The molecule has 0 bridgehead atoms. The van der Waals surface area contributed by atoms with Crippen molar-refractivity contribution in [1.29, 1.82) is 0 Å². The number of nitrogens with one attached hydrogen (secondary N) is 1. The Balaban J connectivity index is 2.22. The lowest BCUT2D eigenvalue weighted by Crippen LogP contribution is -2.42. The second kappa shape index (κ2) is 4.31. The van der Waals surface area contributed by atoms with Gasteiger partial charge in [0.25, 0.3) is 0 Å². The summed E-state index contributed by atoms with van der Waals surface area (Å²) in [5.74, 6) is 1.15. The SMILES string of the molecule is CCCn1cnnc1C1(C)CCCNC1. The first-order chi connectivity index (χ1) is 7.26. The molecule has 1 atom stereocenters. The van der Waals surface area contributed by atoms with Crippen LogP contribution in [-0.4, -0.2) is 27.9 Å². The summed E-state index contributed by atoms with van der Waals surface area (Å²) in [6.45, 7) is 7.66. The van der Waals surface area contributed by atoms with Gasteiger partial charge in [-0.1, -0.05) is 13.8 Å². The van der Waals surface area contributed by atoms with Crippen molar-refractivity contribution in [3.8, 4) is 0 Å². The Labute approximate surface area is 91.1 Å². The monoisotopic (exact) mass is 208 g/mol. The fraction of sp³-hybridized carbons (Fsp3) is 0.818. The molecule has 1 fully saturated rings. The zero-order valence-electron chi connectivity index (χ0n) is 9.66. The van der Waals surface area contributed by atoms with Crippen LogP contribution in [0.1, 0.15) is 38.9 Å². The minimum atomic E-state index is 0.171. The number of aryl methyl sites for hydroxylation is 1. The van der Waals surface area contributed by atoms with Crippen LogP contribution in [0.4, 0.5) is 0 Å². The van der Waals surface area contributed by atoms with Crippen molar-refractivity contribution in [3.63, 3.8) is 0 Å². The van der Waals surface area contributed by atoms with Crippen molar-refractivity contribution in [3.05, 3.63) is 12.2 Å². The van der Waals surface area contributed by atoms with E-state index >= 15 is 0 Å². The Morgan fingerprint density at radius 1 is 1.60 bits per heavy atom. The van der Waals surface area contributed by atoms with Gasteiger partial charge in [-0.2, -0.15) is 0 Å². The van der Waals surface area contributed by atoms with Gasteiger partial charge in [0, 0.05) is 18.5 Å². The average Bonchev–Trinajstić information content (AvgIpc) is 2.68. The van der Waals surface area contributed by atoms with Gasteiger partial charge < -0.3 is 9.88 Å². The van der Waals surface area contributed by atoms with Gasteiger partial charge in [0.15, 0.2) is 0 Å². The largest absolute Gasteiger partial charge is 0.317 e. The van der Waals surface area contributed by atoms with Crippen molar-refractivity contribution >= 4 is 0 Å². The van der Waals surface area contributed by atoms with Crippen LogP contribution in [0.2, 0.25) is 0 Å². The highest BCUT2D eigenvalue weighted by Gasteiger charge is 2.33. The molecule has 2 rings (SSSR count). The molecule has 1 aromatic heterocycles. The molecule has 0 saturated carbocycles. The highest BCUT2D eigenvalue weighted by Crippen LogP contribution is 2.28. The molecular formula is C11H20N4. The van der Waals surface area contributed by atoms with Crippen molar-refractivity contribution in [1.82, 2.24) is 20.1 Å². The Bertz CT molecular complexity index is 312. The van der Waals surface area contributed by atoms with E-state index in [1.54, 1.807) is 0 Å². The Morgan fingerprint density at radius 2 is 2.47 bits per heavy atom. The molecule has 0 radical (unpaired) electrons. The second-order valence-electron chi connectivity index (χ2n) is 4.69. The topological polar surface area (TPSA) is 42.7 Å². The molecule has 2 heterocycles. The van der Waals surface area contributed by atoms with E-state index in [4.69, 9.17) is 0 Å². The maximum atomic E-state index is 4.30. The molecule has 0 spiro atoms. The predicted molar refractivity (Wildman–Crippen MR) is 59.8 cm³/mol. The van der Waals surface area contributed by atoms with Crippen molar-refractivity contribution in [2.75, 3.05) is 13.1 Å². The summed E-state index contributed by atoms with van der Waals surface area (Å²) >= 11 is 0. The Kier molecular flexibility index (Phi) is 3.05. The summed E-state index contributed by atoms with van der Waals surface area (Å²) in [6.07, 6.45) is 5.44. The van der Waals surface area contributed by atoms with Gasteiger partial charge in [-0.05, 0) is 25.8 Å². The first-order valence-corrected chi connectivity index (χ1v) is 5.85. The summed E-state index contributed by atoms with van der Waals surface area (Å²) in [5, 5.41) is 11.8. The number of piperidine rings is 1. The lowest BCUT2D eigenvalue weighted by Gasteiger charge is -2.33. The number of hydrogen-bond acceptors (Lipinski definition) is 3. The van der Waals surface area contributed by atoms with Crippen LogP contribution in [-0.2, 0) is 12.0 Å². The summed E-state index contributed by atoms with van der Waals surface area (Å²) in [7, 11) is 0. The van der Waals surface area contributed by atoms with Crippen LogP contribution in [0, 0.1) is 0 Å². The average molecular weight is 208 g/mol. The number of hydrogen-bond donors (Lipinski definition) is 1. The maximum absolute atomic E-state index is 4.30. The normalized spacial score (nSPS) is 26.8. The van der Waals surface area contributed by atoms with E-state index in [0.717, 1.165) is 31.9 Å². The zero-order chi connectivity index (χ0) is 10.7. The van der Waals surface area contributed by atoms with Gasteiger partial charge in [0.05, 0.1) is 0 Å². The molecular weight excluding hydrogens is 188 g/mol. The van der Waals surface area contributed by atoms with Crippen molar-refractivity contribution in [2.24, 2.45) is 0 Å². The first kappa shape index (κ1) is 10.6. The van der Waals surface area contributed by atoms with Crippen LogP contribution < -0.4 is 5.32 Å². The molecule has 84 valence electrons. The van der Waals surface area contributed by atoms with Gasteiger partial charge in [0.1, 0.15) is 12.2 Å². The smallest absolute Gasteiger partial charge is 0.140 e. The van der Waals surface area contributed by atoms with Crippen LogP contribution in [0.5, 0.6) is 0 Å². The van der Waals surface area contributed by atoms with Gasteiger partial charge in [-0.3, -0.25) is 0 Å². The van der Waals surface area contributed by atoms with Crippen LogP contribution >= 0.6 is 0 Å². The number of aromatic nitrogens is 3. The molecule has 1 aliphatic heterocycles. The minimum absolute atomic E-state index is 0.171. The highest BCUT2D eigenvalue weighted by atomic mass is 15.3. The minimum Gasteiger partial charge on any atom is -0.317 e. The van der Waals surface area contributed by atoms with E-state index in [9.17, 15) is 0 Å². The molecule has 15 heavy (non-hydrogen) atoms. The van der Waals surface area contributed by atoms with Crippen molar-refractivity contribution < 1.29 is 0 Å². The summed E-state index contributed by atoms with van der Waals surface area (Å²) in [4.78, 5) is 0. The third-order valence-electron chi connectivity index (χ3n) is 3.22. The zero-order valence-corrected chi connectivity index (χ0v) is 9.66. The van der Waals surface area contributed by atoms with Gasteiger partial charge in [-0.15, -0.1) is 10.2 Å². The van der Waals surface area contributed by atoms with Crippen LogP contribution in [0.25, 0.3) is 0 Å². The lowest BCUT2D eigenvalue weighted by atomic mass is 9.82. The predicted octanol–water partition coefficient (Wildman–Crippen LogP) is 1.33. The highest BCUT2D eigenvalue weighted by molar-refractivity contribution is 5.08. The third kappa shape index (κ3) is 2.04. The first-order valence-electron chi connectivity index (χ1n) is 5.85. The van der Waals surface area contributed by atoms with Gasteiger partial charge in [0.2, 0.25) is 0 Å². The molecule has 0 aliphatic carbocycles. The van der Waals surface area contributed by atoms with Crippen LogP contribution in [0.3, 0.4) is 0 Å². The number of nitrogens with zero attached hydrogens (tertiary/aromatic N) is 3. The fourth-order valence-electron chi connectivity index (χ4n) is 2.37. The molecule has 1 aliphatic rings. The molecule has 1 unspecified atom stereocenters. The molecule has 4 nitrogen and oxygen atoms in total. The van der Waals surface area contributed by atoms with E-state index in [1.807, 2.05) is 6.33 Å². The van der Waals surface area contributed by atoms with E-state index in [-0.39, 0.29) is 5.41 Å². The third-order valence-corrected chi connectivity index (χ3v) is 3.22. The van der Waals surface area contributed by atoms with E-state index in [2.05, 4.69) is 33.9 Å². The molecule has 1 aromatic rings. The fourth-order valence-corrected chi connectivity index (χ4v) is 2.37. The Hall–Kier alpha value is -0.900. The molecule has 0 aromatic carbocycles. The van der Waals surface area contributed by atoms with Crippen LogP contribution in [0.15, 0.2) is 6.33 Å². The van der Waals surface area contributed by atoms with Gasteiger partial charge in [-0.25, -0.2) is 0 Å². The molecule has 1 N–H and O–H groups in total. The van der Waals surface area contributed by atoms with E-state index in [1.165, 1.54) is 12.8 Å². The summed E-state index contributed by atoms with van der Waals surface area (Å²) < 4.78 is 2.20.